The number of methoxy groups -OCH3 is 1. The van der Waals surface area contributed by atoms with Crippen LogP contribution in [-0.2, 0) is 22.6 Å². The number of hydrogen-bond acceptors (Lipinski definition) is 3. The summed E-state index contributed by atoms with van der Waals surface area (Å²) < 4.78 is 5.13. The first-order valence-electron chi connectivity index (χ1n) is 8.90. The highest BCUT2D eigenvalue weighted by molar-refractivity contribution is 6.00. The Balaban J connectivity index is 1.59. The number of hydrogen-bond donors (Lipinski definition) is 1. The quantitative estimate of drug-likeness (QED) is 0.870. The summed E-state index contributed by atoms with van der Waals surface area (Å²) in [6.07, 6.45) is 1.17. The van der Waals surface area contributed by atoms with E-state index >= 15 is 0 Å². The fourth-order valence-corrected chi connectivity index (χ4v) is 3.15. The highest BCUT2D eigenvalue weighted by atomic mass is 16.5. The van der Waals surface area contributed by atoms with Gasteiger partial charge >= 0.3 is 0 Å². The molecule has 0 bridgehead atoms. The van der Waals surface area contributed by atoms with E-state index in [1.807, 2.05) is 48.5 Å². The van der Waals surface area contributed by atoms with Gasteiger partial charge in [0.1, 0.15) is 5.75 Å². The van der Waals surface area contributed by atoms with Gasteiger partial charge in [-0.3, -0.25) is 9.59 Å². The van der Waals surface area contributed by atoms with Crippen molar-refractivity contribution in [3.63, 3.8) is 0 Å². The molecule has 1 N–H and O–H groups in total. The molecule has 0 aliphatic carbocycles. The summed E-state index contributed by atoms with van der Waals surface area (Å²) in [5, 5.41) is 2.93. The van der Waals surface area contributed by atoms with Crippen molar-refractivity contribution < 1.29 is 14.3 Å². The van der Waals surface area contributed by atoms with Crippen molar-refractivity contribution in [1.29, 1.82) is 0 Å². The first kappa shape index (κ1) is 18.0. The predicted molar refractivity (Wildman–Crippen MR) is 101 cm³/mol. The Morgan fingerprint density at radius 2 is 1.96 bits per heavy atom. The van der Waals surface area contributed by atoms with Gasteiger partial charge in [0.2, 0.25) is 11.8 Å². The Labute approximate surface area is 154 Å². The van der Waals surface area contributed by atoms with Crippen LogP contribution >= 0.6 is 0 Å². The Hall–Kier alpha value is -2.82. The number of nitrogens with one attached hydrogen (secondary N) is 1. The van der Waals surface area contributed by atoms with E-state index in [9.17, 15) is 9.59 Å². The predicted octanol–water partition coefficient (Wildman–Crippen LogP) is 2.93. The topological polar surface area (TPSA) is 58.6 Å². The van der Waals surface area contributed by atoms with Crippen LogP contribution in [0.4, 0.5) is 5.69 Å². The molecule has 1 heterocycles. The average Bonchev–Trinajstić information content (AvgIpc) is 3.08. The smallest absolute Gasteiger partial charge is 0.227 e. The first-order valence-corrected chi connectivity index (χ1v) is 8.90. The van der Waals surface area contributed by atoms with Gasteiger partial charge in [-0.15, -0.1) is 0 Å². The molecular formula is C21H24N2O3. The van der Waals surface area contributed by atoms with E-state index in [1.54, 1.807) is 12.0 Å². The Bertz CT molecular complexity index is 786. The van der Waals surface area contributed by atoms with Gasteiger partial charge in [0.05, 0.1) is 13.0 Å². The van der Waals surface area contributed by atoms with Crippen molar-refractivity contribution in [1.82, 2.24) is 5.32 Å². The van der Waals surface area contributed by atoms with Crippen LogP contribution in [0.25, 0.3) is 0 Å². The Morgan fingerprint density at radius 3 is 2.65 bits per heavy atom. The zero-order valence-electron chi connectivity index (χ0n) is 15.2. The SMILES string of the molecule is CCc1cccc(N2CC(C(=O)NCc3ccc(OC)cc3)CC2=O)c1. The van der Waals surface area contributed by atoms with Crippen molar-refractivity contribution in [3.8, 4) is 5.75 Å². The molecule has 26 heavy (non-hydrogen) atoms. The number of aryl methyl sites for hydroxylation is 1. The molecule has 0 saturated carbocycles. The first-order chi connectivity index (χ1) is 12.6. The molecule has 5 heteroatoms. The molecule has 2 amide bonds. The van der Waals surface area contributed by atoms with Crippen LogP contribution in [0.5, 0.6) is 5.75 Å². The molecule has 2 aromatic rings. The van der Waals surface area contributed by atoms with Gasteiger partial charge in [0, 0.05) is 25.2 Å². The molecule has 0 aromatic heterocycles. The minimum absolute atomic E-state index is 0.00264. The van der Waals surface area contributed by atoms with E-state index in [0.717, 1.165) is 23.4 Å². The molecule has 5 nitrogen and oxygen atoms in total. The van der Waals surface area contributed by atoms with Crippen molar-refractivity contribution >= 4 is 17.5 Å². The van der Waals surface area contributed by atoms with Crippen LogP contribution < -0.4 is 15.0 Å². The Morgan fingerprint density at radius 1 is 1.19 bits per heavy atom. The minimum atomic E-state index is -0.314. The average molecular weight is 352 g/mol. The Kier molecular flexibility index (Phi) is 5.56. The molecule has 1 fully saturated rings. The van der Waals surface area contributed by atoms with Crippen molar-refractivity contribution in [2.24, 2.45) is 5.92 Å². The lowest BCUT2D eigenvalue weighted by atomic mass is 10.1. The van der Waals surface area contributed by atoms with Crippen molar-refractivity contribution in [2.75, 3.05) is 18.6 Å². The molecule has 2 aromatic carbocycles. The van der Waals surface area contributed by atoms with Crippen molar-refractivity contribution in [2.45, 2.75) is 26.3 Å². The zero-order valence-corrected chi connectivity index (χ0v) is 15.2. The van der Waals surface area contributed by atoms with Gasteiger partial charge in [-0.1, -0.05) is 31.2 Å². The number of anilines is 1. The van der Waals surface area contributed by atoms with E-state index in [4.69, 9.17) is 4.74 Å². The second-order valence-electron chi connectivity index (χ2n) is 6.49. The highest BCUT2D eigenvalue weighted by Crippen LogP contribution is 2.26. The number of benzene rings is 2. The molecule has 136 valence electrons. The monoisotopic (exact) mass is 352 g/mol. The fourth-order valence-electron chi connectivity index (χ4n) is 3.15. The van der Waals surface area contributed by atoms with Crippen molar-refractivity contribution in [3.05, 3.63) is 59.7 Å². The number of carbonyl (C=O) groups excluding carboxylic acids is 2. The molecule has 1 aliphatic rings. The molecule has 1 aliphatic heterocycles. The maximum absolute atomic E-state index is 12.5. The van der Waals surface area contributed by atoms with Gasteiger partial charge in [-0.05, 0) is 41.8 Å². The second-order valence-corrected chi connectivity index (χ2v) is 6.49. The number of ether oxygens (including phenoxy) is 1. The van der Waals surface area contributed by atoms with Gasteiger partial charge in [-0.2, -0.15) is 0 Å². The zero-order chi connectivity index (χ0) is 18.5. The molecule has 1 unspecified atom stereocenters. The van der Waals surface area contributed by atoms with E-state index in [1.165, 1.54) is 5.56 Å². The third-order valence-corrected chi connectivity index (χ3v) is 4.75. The van der Waals surface area contributed by atoms with Gasteiger partial charge in [0.15, 0.2) is 0 Å². The largest absolute Gasteiger partial charge is 0.497 e. The normalized spacial score (nSPS) is 16.6. The van der Waals surface area contributed by atoms with Crippen LogP contribution in [0.3, 0.4) is 0 Å². The lowest BCUT2D eigenvalue weighted by Gasteiger charge is -2.17. The summed E-state index contributed by atoms with van der Waals surface area (Å²) in [7, 11) is 1.62. The molecule has 1 saturated heterocycles. The van der Waals surface area contributed by atoms with E-state index in [-0.39, 0.29) is 24.2 Å². The maximum Gasteiger partial charge on any atom is 0.227 e. The standard InChI is InChI=1S/C21H24N2O3/c1-3-15-5-4-6-18(11-15)23-14-17(12-20(23)24)21(25)22-13-16-7-9-19(26-2)10-8-16/h4-11,17H,3,12-14H2,1-2H3,(H,22,25). The molecule has 3 rings (SSSR count). The maximum atomic E-state index is 12.5. The number of rotatable bonds is 6. The van der Waals surface area contributed by atoms with E-state index in [0.29, 0.717) is 13.1 Å². The summed E-state index contributed by atoms with van der Waals surface area (Å²) in [5.41, 5.74) is 3.05. The molecule has 1 atom stereocenters. The fraction of sp³-hybridized carbons (Fsp3) is 0.333. The summed E-state index contributed by atoms with van der Waals surface area (Å²) in [6, 6.07) is 15.5. The number of carbonyl (C=O) groups is 2. The molecule has 0 radical (unpaired) electrons. The van der Waals surface area contributed by atoms with Crippen LogP contribution in [-0.4, -0.2) is 25.5 Å². The lowest BCUT2D eigenvalue weighted by molar-refractivity contribution is -0.126. The van der Waals surface area contributed by atoms with Crippen LogP contribution in [0.15, 0.2) is 48.5 Å². The van der Waals surface area contributed by atoms with Crippen LogP contribution in [0.1, 0.15) is 24.5 Å². The summed E-state index contributed by atoms with van der Waals surface area (Å²) in [6.45, 7) is 2.96. The van der Waals surface area contributed by atoms with E-state index < -0.39 is 0 Å². The van der Waals surface area contributed by atoms with Gasteiger partial charge < -0.3 is 15.0 Å². The van der Waals surface area contributed by atoms with Crippen LogP contribution in [0, 0.1) is 5.92 Å². The summed E-state index contributed by atoms with van der Waals surface area (Å²) >= 11 is 0. The van der Waals surface area contributed by atoms with Gasteiger partial charge in [-0.25, -0.2) is 0 Å². The summed E-state index contributed by atoms with van der Waals surface area (Å²) in [4.78, 5) is 26.6. The third kappa shape index (κ3) is 4.04. The highest BCUT2D eigenvalue weighted by Gasteiger charge is 2.35. The number of amides is 2. The van der Waals surface area contributed by atoms with E-state index in [2.05, 4.69) is 12.2 Å². The number of nitrogens with zero attached hydrogens (tertiary/aromatic N) is 1. The van der Waals surface area contributed by atoms with Crippen LogP contribution in [0.2, 0.25) is 0 Å². The molecule has 0 spiro atoms. The summed E-state index contributed by atoms with van der Waals surface area (Å²) in [5.74, 6) is 0.392. The minimum Gasteiger partial charge on any atom is -0.497 e. The molecular weight excluding hydrogens is 328 g/mol. The third-order valence-electron chi connectivity index (χ3n) is 4.75. The van der Waals surface area contributed by atoms with Gasteiger partial charge in [0.25, 0.3) is 0 Å². The second kappa shape index (κ2) is 8.04. The lowest BCUT2D eigenvalue weighted by Crippen LogP contribution is -2.32.